The topological polar surface area (TPSA) is 49.8 Å². The van der Waals surface area contributed by atoms with E-state index in [1.807, 2.05) is 43.0 Å². The van der Waals surface area contributed by atoms with Crippen LogP contribution in [-0.4, -0.2) is 41.7 Å². The van der Waals surface area contributed by atoms with Crippen LogP contribution >= 0.6 is 0 Å². The lowest BCUT2D eigenvalue weighted by Gasteiger charge is -2.32. The van der Waals surface area contributed by atoms with E-state index in [1.54, 1.807) is 0 Å². The third kappa shape index (κ3) is 4.55. The van der Waals surface area contributed by atoms with Gasteiger partial charge >= 0.3 is 0 Å². The maximum absolute atomic E-state index is 12.5. The van der Waals surface area contributed by atoms with Crippen LogP contribution in [0.3, 0.4) is 0 Å². The van der Waals surface area contributed by atoms with Gasteiger partial charge in [0.05, 0.1) is 12.7 Å². The number of aliphatic hydroxyl groups is 1. The standard InChI is InChI=1S/C17H25NO3/c1-13(2)21-12-14-5-7-16(8-6-14)17(20)18-9-3-4-15(10-18)11-19/h5-8,13,15,19H,3-4,9-12H2,1-2H3. The molecule has 1 aliphatic heterocycles. The summed E-state index contributed by atoms with van der Waals surface area (Å²) in [5.41, 5.74) is 1.79. The maximum atomic E-state index is 12.5. The quantitative estimate of drug-likeness (QED) is 0.906. The Labute approximate surface area is 126 Å². The number of carbonyl (C=O) groups is 1. The number of ether oxygens (including phenoxy) is 1. The van der Waals surface area contributed by atoms with Crippen molar-refractivity contribution in [1.29, 1.82) is 0 Å². The first-order valence-corrected chi connectivity index (χ1v) is 7.71. The average molecular weight is 291 g/mol. The molecule has 1 aromatic rings. The van der Waals surface area contributed by atoms with Gasteiger partial charge in [-0.1, -0.05) is 12.1 Å². The molecular formula is C17H25NO3. The Morgan fingerprint density at radius 3 is 2.71 bits per heavy atom. The highest BCUT2D eigenvalue weighted by atomic mass is 16.5. The van der Waals surface area contributed by atoms with Gasteiger partial charge in [-0.15, -0.1) is 0 Å². The SMILES string of the molecule is CC(C)OCc1ccc(C(=O)N2CCCC(CO)C2)cc1. The number of piperidine rings is 1. The Morgan fingerprint density at radius 1 is 1.38 bits per heavy atom. The van der Waals surface area contributed by atoms with Gasteiger partial charge in [0.15, 0.2) is 0 Å². The summed E-state index contributed by atoms with van der Waals surface area (Å²) < 4.78 is 5.55. The zero-order chi connectivity index (χ0) is 15.2. The van der Waals surface area contributed by atoms with Crippen LogP contribution < -0.4 is 0 Å². The van der Waals surface area contributed by atoms with Gasteiger partial charge in [0, 0.05) is 25.3 Å². The summed E-state index contributed by atoms with van der Waals surface area (Å²) in [5, 5.41) is 9.25. The molecule has 1 aromatic carbocycles. The van der Waals surface area contributed by atoms with Crippen LogP contribution in [0.15, 0.2) is 24.3 Å². The van der Waals surface area contributed by atoms with Crippen molar-refractivity contribution in [2.45, 2.75) is 39.4 Å². The highest BCUT2D eigenvalue weighted by Crippen LogP contribution is 2.18. The van der Waals surface area contributed by atoms with E-state index in [2.05, 4.69) is 0 Å². The van der Waals surface area contributed by atoms with Gasteiger partial charge in [-0.3, -0.25) is 4.79 Å². The smallest absolute Gasteiger partial charge is 0.253 e. The van der Waals surface area contributed by atoms with Gasteiger partial charge in [-0.25, -0.2) is 0 Å². The number of nitrogens with zero attached hydrogens (tertiary/aromatic N) is 1. The summed E-state index contributed by atoms with van der Waals surface area (Å²) >= 11 is 0. The second-order valence-electron chi connectivity index (χ2n) is 6.00. The van der Waals surface area contributed by atoms with E-state index in [4.69, 9.17) is 4.74 Å². The highest BCUT2D eigenvalue weighted by molar-refractivity contribution is 5.94. The molecule has 21 heavy (non-hydrogen) atoms. The van der Waals surface area contributed by atoms with Crippen molar-refractivity contribution in [3.8, 4) is 0 Å². The number of amides is 1. The predicted octanol–water partition coefficient (Wildman–Crippen LogP) is 2.46. The number of aliphatic hydroxyl groups excluding tert-OH is 1. The molecule has 116 valence electrons. The van der Waals surface area contributed by atoms with E-state index in [1.165, 1.54) is 0 Å². The van der Waals surface area contributed by atoms with Crippen molar-refractivity contribution < 1.29 is 14.6 Å². The molecule has 4 heteroatoms. The van der Waals surface area contributed by atoms with E-state index in [0.29, 0.717) is 18.7 Å². The van der Waals surface area contributed by atoms with Gasteiger partial charge in [0.1, 0.15) is 0 Å². The maximum Gasteiger partial charge on any atom is 0.253 e. The minimum atomic E-state index is 0.0597. The Hall–Kier alpha value is -1.39. The predicted molar refractivity (Wildman–Crippen MR) is 82.1 cm³/mol. The van der Waals surface area contributed by atoms with Crippen LogP contribution in [0.1, 0.15) is 42.6 Å². The van der Waals surface area contributed by atoms with Crippen LogP contribution in [-0.2, 0) is 11.3 Å². The van der Waals surface area contributed by atoms with Gasteiger partial charge < -0.3 is 14.7 Å². The fourth-order valence-corrected chi connectivity index (χ4v) is 2.59. The fraction of sp³-hybridized carbons (Fsp3) is 0.588. The summed E-state index contributed by atoms with van der Waals surface area (Å²) in [6.07, 6.45) is 2.18. The molecule has 1 fully saturated rings. The molecule has 1 N–H and O–H groups in total. The molecular weight excluding hydrogens is 266 g/mol. The zero-order valence-electron chi connectivity index (χ0n) is 12.9. The molecule has 0 bridgehead atoms. The Morgan fingerprint density at radius 2 is 2.10 bits per heavy atom. The molecule has 1 atom stereocenters. The van der Waals surface area contributed by atoms with Crippen LogP contribution in [0.4, 0.5) is 0 Å². The number of hydrogen-bond donors (Lipinski definition) is 1. The van der Waals surface area contributed by atoms with Crippen molar-refractivity contribution in [3.05, 3.63) is 35.4 Å². The molecule has 1 amide bonds. The Bertz CT molecular complexity index is 456. The third-order valence-electron chi connectivity index (χ3n) is 3.85. The van der Waals surface area contributed by atoms with E-state index in [9.17, 15) is 9.90 Å². The molecule has 1 saturated heterocycles. The minimum Gasteiger partial charge on any atom is -0.396 e. The lowest BCUT2D eigenvalue weighted by atomic mass is 9.98. The second kappa shape index (κ2) is 7.57. The summed E-state index contributed by atoms with van der Waals surface area (Å²) in [4.78, 5) is 14.3. The largest absolute Gasteiger partial charge is 0.396 e. The minimum absolute atomic E-state index is 0.0597. The summed E-state index contributed by atoms with van der Waals surface area (Å²) in [6, 6.07) is 7.62. The summed E-state index contributed by atoms with van der Waals surface area (Å²) in [5.74, 6) is 0.283. The number of hydrogen-bond acceptors (Lipinski definition) is 3. The average Bonchev–Trinajstić information content (AvgIpc) is 2.52. The van der Waals surface area contributed by atoms with E-state index in [0.717, 1.165) is 24.9 Å². The van der Waals surface area contributed by atoms with Crippen molar-refractivity contribution in [3.63, 3.8) is 0 Å². The summed E-state index contributed by atoms with van der Waals surface area (Å²) in [6.45, 7) is 6.19. The first kappa shape index (κ1) is 16.0. The second-order valence-corrected chi connectivity index (χ2v) is 6.00. The normalized spacial score (nSPS) is 19.0. The van der Waals surface area contributed by atoms with Crippen molar-refractivity contribution in [2.75, 3.05) is 19.7 Å². The first-order chi connectivity index (χ1) is 10.1. The monoisotopic (exact) mass is 291 g/mol. The van der Waals surface area contributed by atoms with Gasteiger partial charge in [0.25, 0.3) is 5.91 Å². The van der Waals surface area contributed by atoms with Crippen LogP contribution in [0.5, 0.6) is 0 Å². The van der Waals surface area contributed by atoms with Crippen LogP contribution in [0.2, 0.25) is 0 Å². The summed E-state index contributed by atoms with van der Waals surface area (Å²) in [7, 11) is 0. The zero-order valence-corrected chi connectivity index (χ0v) is 12.9. The number of carbonyl (C=O) groups excluding carboxylic acids is 1. The molecule has 2 rings (SSSR count). The number of benzene rings is 1. The number of likely N-dealkylation sites (tertiary alicyclic amines) is 1. The van der Waals surface area contributed by atoms with Gasteiger partial charge in [-0.05, 0) is 50.3 Å². The molecule has 1 heterocycles. The fourth-order valence-electron chi connectivity index (χ4n) is 2.59. The highest BCUT2D eigenvalue weighted by Gasteiger charge is 2.23. The molecule has 1 unspecified atom stereocenters. The third-order valence-corrected chi connectivity index (χ3v) is 3.85. The van der Waals surface area contributed by atoms with Crippen molar-refractivity contribution in [2.24, 2.45) is 5.92 Å². The molecule has 0 aliphatic carbocycles. The molecule has 0 radical (unpaired) electrons. The van der Waals surface area contributed by atoms with Crippen molar-refractivity contribution >= 4 is 5.91 Å². The first-order valence-electron chi connectivity index (χ1n) is 7.71. The van der Waals surface area contributed by atoms with E-state index < -0.39 is 0 Å². The number of rotatable bonds is 5. The molecule has 1 aliphatic rings. The molecule has 0 saturated carbocycles. The van der Waals surface area contributed by atoms with Gasteiger partial charge in [-0.2, -0.15) is 0 Å². The lowest BCUT2D eigenvalue weighted by molar-refractivity contribution is 0.0617. The Kier molecular flexibility index (Phi) is 5.76. The molecule has 4 nitrogen and oxygen atoms in total. The van der Waals surface area contributed by atoms with E-state index in [-0.39, 0.29) is 24.5 Å². The lowest BCUT2D eigenvalue weighted by Crippen LogP contribution is -2.40. The van der Waals surface area contributed by atoms with Crippen LogP contribution in [0.25, 0.3) is 0 Å². The van der Waals surface area contributed by atoms with Crippen LogP contribution in [0, 0.1) is 5.92 Å². The molecule has 0 aromatic heterocycles. The van der Waals surface area contributed by atoms with Crippen molar-refractivity contribution in [1.82, 2.24) is 4.90 Å². The van der Waals surface area contributed by atoms with Gasteiger partial charge in [0.2, 0.25) is 0 Å². The Balaban J connectivity index is 1.96. The van der Waals surface area contributed by atoms with E-state index >= 15 is 0 Å². The molecule has 0 spiro atoms.